The summed E-state index contributed by atoms with van der Waals surface area (Å²) in [6.07, 6.45) is 4.31. The molecule has 4 atom stereocenters. The zero-order valence-corrected chi connectivity index (χ0v) is 18.8. The van der Waals surface area contributed by atoms with E-state index in [1.807, 2.05) is 6.07 Å². The fraction of sp³-hybridized carbons (Fsp3) is 0.696. The van der Waals surface area contributed by atoms with Gasteiger partial charge in [-0.15, -0.1) is 0 Å². The fourth-order valence-electron chi connectivity index (χ4n) is 4.17. The van der Waals surface area contributed by atoms with E-state index < -0.39 is 13.1 Å². The van der Waals surface area contributed by atoms with E-state index in [1.165, 1.54) is 18.4 Å². The monoisotopic (exact) mass is 374 g/mol. The first-order valence-electron chi connectivity index (χ1n) is 10.3. The van der Waals surface area contributed by atoms with Crippen LogP contribution in [0.15, 0.2) is 30.3 Å². The molecule has 146 valence electrons. The molecule has 0 N–H and O–H groups in total. The van der Waals surface area contributed by atoms with Gasteiger partial charge >= 0.3 is 5.97 Å². The van der Waals surface area contributed by atoms with Gasteiger partial charge in [-0.05, 0) is 42.6 Å². The molecular weight excluding hydrogens is 336 g/mol. The summed E-state index contributed by atoms with van der Waals surface area (Å²) in [5.74, 6) is 1.74. The van der Waals surface area contributed by atoms with E-state index in [1.54, 1.807) is 0 Å². The van der Waals surface area contributed by atoms with Gasteiger partial charge < -0.3 is 4.74 Å². The molecule has 1 saturated carbocycles. The largest absolute Gasteiger partial charge is 0.462 e. The number of hydrogen-bond acceptors (Lipinski definition) is 2. The second-order valence-corrected chi connectivity index (χ2v) is 15.6. The summed E-state index contributed by atoms with van der Waals surface area (Å²) >= 11 is 0. The number of esters is 1. The van der Waals surface area contributed by atoms with E-state index in [0.717, 1.165) is 12.8 Å². The zero-order valence-electron chi connectivity index (χ0n) is 17.8. The maximum absolute atomic E-state index is 13.5. The number of hydrogen-bond donors (Lipinski definition) is 0. The van der Waals surface area contributed by atoms with E-state index in [4.69, 9.17) is 4.74 Å². The first-order valence-corrected chi connectivity index (χ1v) is 13.8. The van der Waals surface area contributed by atoms with Crippen LogP contribution in [0.4, 0.5) is 0 Å². The predicted octanol–water partition coefficient (Wildman–Crippen LogP) is 6.33. The third-order valence-corrected chi connectivity index (χ3v) is 10.4. The molecule has 1 aliphatic carbocycles. The minimum atomic E-state index is -1.78. The van der Waals surface area contributed by atoms with Crippen molar-refractivity contribution in [2.24, 2.45) is 17.8 Å². The van der Waals surface area contributed by atoms with Gasteiger partial charge in [0.05, 0.1) is 13.1 Å². The van der Waals surface area contributed by atoms with E-state index in [9.17, 15) is 4.79 Å². The Hall–Kier alpha value is -1.09. The number of rotatable bonds is 6. The maximum Gasteiger partial charge on any atom is 0.309 e. The van der Waals surface area contributed by atoms with E-state index in [-0.39, 0.29) is 12.1 Å². The molecule has 0 bridgehead atoms. The molecule has 0 saturated heterocycles. The van der Waals surface area contributed by atoms with Crippen molar-refractivity contribution in [2.45, 2.75) is 84.2 Å². The normalized spacial score (nSPS) is 26.4. The van der Waals surface area contributed by atoms with Gasteiger partial charge in [-0.1, -0.05) is 84.1 Å². The van der Waals surface area contributed by atoms with Gasteiger partial charge in [0.15, 0.2) is 0 Å². The Morgan fingerprint density at radius 3 is 2.35 bits per heavy atom. The van der Waals surface area contributed by atoms with Gasteiger partial charge in [0, 0.05) is 0 Å². The number of benzene rings is 1. The highest BCUT2D eigenvalue weighted by molar-refractivity contribution is 6.82. The molecule has 0 spiro atoms. The van der Waals surface area contributed by atoms with Crippen molar-refractivity contribution in [1.29, 1.82) is 0 Å². The molecule has 0 heterocycles. The molecule has 0 amide bonds. The first-order chi connectivity index (χ1) is 12.0. The molecule has 0 aliphatic heterocycles. The van der Waals surface area contributed by atoms with Crippen LogP contribution < -0.4 is 0 Å². The summed E-state index contributed by atoms with van der Waals surface area (Å²) in [6.45, 7) is 15.8. The Labute approximate surface area is 161 Å². The molecule has 2 rings (SSSR count). The van der Waals surface area contributed by atoms with E-state index in [2.05, 4.69) is 71.6 Å². The van der Waals surface area contributed by atoms with Gasteiger partial charge in [-0.25, -0.2) is 0 Å². The van der Waals surface area contributed by atoms with Crippen molar-refractivity contribution in [1.82, 2.24) is 0 Å². The Bertz CT molecular complexity index is 590. The summed E-state index contributed by atoms with van der Waals surface area (Å²) in [5, 5.41) is -0.406. The van der Waals surface area contributed by atoms with Crippen LogP contribution in [0.2, 0.25) is 24.7 Å². The van der Waals surface area contributed by atoms with Crippen molar-refractivity contribution in [3.8, 4) is 0 Å². The molecule has 0 aromatic heterocycles. The van der Waals surface area contributed by atoms with Crippen LogP contribution >= 0.6 is 0 Å². The first kappa shape index (κ1) is 21.2. The van der Waals surface area contributed by atoms with Gasteiger partial charge in [-0.2, -0.15) is 0 Å². The summed E-state index contributed by atoms with van der Waals surface area (Å²) in [7, 11) is -1.78. The Balaban J connectivity index is 2.23. The molecule has 26 heavy (non-hydrogen) atoms. The lowest BCUT2D eigenvalue weighted by Crippen LogP contribution is -2.48. The summed E-state index contributed by atoms with van der Waals surface area (Å²) in [4.78, 5) is 13.5. The van der Waals surface area contributed by atoms with Crippen LogP contribution in [-0.4, -0.2) is 20.1 Å². The second-order valence-electron chi connectivity index (χ2n) is 10.0. The van der Waals surface area contributed by atoms with Crippen LogP contribution in [0, 0.1) is 17.8 Å². The summed E-state index contributed by atoms with van der Waals surface area (Å²) in [6, 6.07) is 10.4. The number of carbonyl (C=O) groups is 1. The Kier molecular flexibility index (Phi) is 6.76. The minimum absolute atomic E-state index is 0.0327. The molecule has 1 aliphatic rings. The van der Waals surface area contributed by atoms with Crippen LogP contribution in [0.1, 0.15) is 52.5 Å². The van der Waals surface area contributed by atoms with Gasteiger partial charge in [0.1, 0.15) is 6.10 Å². The van der Waals surface area contributed by atoms with E-state index in [0.29, 0.717) is 17.8 Å². The molecule has 0 unspecified atom stereocenters. The number of ether oxygens (including phenoxy) is 1. The lowest BCUT2D eigenvalue weighted by molar-refractivity contribution is -0.159. The molecule has 0 radical (unpaired) electrons. The minimum Gasteiger partial charge on any atom is -0.462 e. The summed E-state index contributed by atoms with van der Waals surface area (Å²) in [5.41, 5.74) is 1.23. The highest BCUT2D eigenvalue weighted by Crippen LogP contribution is 2.44. The van der Waals surface area contributed by atoms with Crippen molar-refractivity contribution in [3.63, 3.8) is 0 Å². The van der Waals surface area contributed by atoms with Crippen LogP contribution in [0.5, 0.6) is 0 Å². The van der Waals surface area contributed by atoms with E-state index >= 15 is 0 Å². The maximum atomic E-state index is 13.5. The lowest BCUT2D eigenvalue weighted by atomic mass is 9.75. The van der Waals surface area contributed by atoms with Crippen molar-refractivity contribution >= 4 is 14.0 Å². The Morgan fingerprint density at radius 2 is 1.81 bits per heavy atom. The van der Waals surface area contributed by atoms with Crippen LogP contribution in [0.25, 0.3) is 0 Å². The molecule has 3 heteroatoms. The molecule has 1 aromatic rings. The van der Waals surface area contributed by atoms with Gasteiger partial charge in [0.25, 0.3) is 0 Å². The van der Waals surface area contributed by atoms with Crippen molar-refractivity contribution in [3.05, 3.63) is 35.9 Å². The van der Waals surface area contributed by atoms with Crippen molar-refractivity contribution < 1.29 is 9.53 Å². The topological polar surface area (TPSA) is 26.3 Å². The third kappa shape index (κ3) is 4.79. The average Bonchev–Trinajstić information content (AvgIpc) is 2.54. The quantitative estimate of drug-likeness (QED) is 0.429. The van der Waals surface area contributed by atoms with Gasteiger partial charge in [0.2, 0.25) is 0 Å². The highest BCUT2D eigenvalue weighted by Gasteiger charge is 2.48. The lowest BCUT2D eigenvalue weighted by Gasteiger charge is -2.42. The standard InChI is InChI=1S/C23H38O2Si/c1-17(2)20-14-13-18(3)15-21(20)25-22(24)23(4,26(5,6)7)16-19-11-9-8-10-12-19/h8-12,17-18,20-21H,13-16H2,1-7H3/t18-,20+,21-,23-/m1/s1. The van der Waals surface area contributed by atoms with Crippen molar-refractivity contribution in [2.75, 3.05) is 0 Å². The van der Waals surface area contributed by atoms with Crippen LogP contribution in [-0.2, 0) is 16.0 Å². The van der Waals surface area contributed by atoms with Crippen LogP contribution in [0.3, 0.4) is 0 Å². The molecule has 2 nitrogen and oxygen atoms in total. The SMILES string of the molecule is CC(C)[C@@H]1CC[C@@H](C)C[C@H]1OC(=O)[C@@](C)(Cc1ccccc1)[Si](C)(C)C. The highest BCUT2D eigenvalue weighted by atomic mass is 28.3. The smallest absolute Gasteiger partial charge is 0.309 e. The second kappa shape index (κ2) is 8.29. The third-order valence-electron chi connectivity index (χ3n) is 6.73. The average molecular weight is 375 g/mol. The molecule has 1 fully saturated rings. The van der Waals surface area contributed by atoms with Gasteiger partial charge in [-0.3, -0.25) is 4.79 Å². The predicted molar refractivity (Wildman–Crippen MR) is 113 cm³/mol. The number of carbonyl (C=O) groups excluding carboxylic acids is 1. The molecular formula is C23H38O2Si. The summed E-state index contributed by atoms with van der Waals surface area (Å²) < 4.78 is 6.30. The Morgan fingerprint density at radius 1 is 1.19 bits per heavy atom. The zero-order chi connectivity index (χ0) is 19.5. The molecule has 1 aromatic carbocycles. The fourth-order valence-corrected chi connectivity index (χ4v) is 5.57.